The fraction of sp³-hybridized carbons (Fsp3) is 0.208. The van der Waals surface area contributed by atoms with Gasteiger partial charge in [0.1, 0.15) is 0 Å². The average Bonchev–Trinajstić information content (AvgIpc) is 2.63. The number of rotatable bonds is 2. The number of benzene rings is 3. The SMILES string of the molecule is Cc1ccc(C(C)(C)C)cc1Sc1ccc2sc3ccccc3c(=O)c2c1. The van der Waals surface area contributed by atoms with Gasteiger partial charge >= 0.3 is 0 Å². The van der Waals surface area contributed by atoms with Crippen LogP contribution in [0.1, 0.15) is 31.9 Å². The lowest BCUT2D eigenvalue weighted by Gasteiger charge is -2.20. The Hall–Kier alpha value is -2.10. The van der Waals surface area contributed by atoms with Crippen molar-refractivity contribution in [1.82, 2.24) is 0 Å². The van der Waals surface area contributed by atoms with Crippen molar-refractivity contribution >= 4 is 43.3 Å². The molecule has 0 saturated heterocycles. The van der Waals surface area contributed by atoms with Crippen LogP contribution in [-0.4, -0.2) is 0 Å². The minimum absolute atomic E-state index is 0.120. The largest absolute Gasteiger partial charge is 0.289 e. The summed E-state index contributed by atoms with van der Waals surface area (Å²) in [4.78, 5) is 15.3. The van der Waals surface area contributed by atoms with Crippen molar-refractivity contribution in [3.63, 3.8) is 0 Å². The highest BCUT2D eigenvalue weighted by Crippen LogP contribution is 2.36. The van der Waals surface area contributed by atoms with Crippen LogP contribution in [-0.2, 0) is 5.41 Å². The molecule has 1 nitrogen and oxygen atoms in total. The fourth-order valence-electron chi connectivity index (χ4n) is 3.15. The number of hydrogen-bond donors (Lipinski definition) is 0. The molecule has 0 fully saturated rings. The molecule has 1 aromatic heterocycles. The molecule has 0 atom stereocenters. The molecule has 0 aliphatic rings. The van der Waals surface area contributed by atoms with Crippen LogP contribution in [0.15, 0.2) is 75.2 Å². The summed E-state index contributed by atoms with van der Waals surface area (Å²) < 4.78 is 2.09. The second-order valence-corrected chi connectivity index (χ2v) is 10.1. The van der Waals surface area contributed by atoms with E-state index in [1.807, 2.05) is 24.3 Å². The molecule has 0 amide bonds. The lowest BCUT2D eigenvalue weighted by molar-refractivity contribution is 0.588. The number of aryl methyl sites for hydroxylation is 1. The summed E-state index contributed by atoms with van der Waals surface area (Å²) >= 11 is 3.42. The Kier molecular flexibility index (Phi) is 4.61. The maximum atomic E-state index is 12.9. The predicted octanol–water partition coefficient (Wildman–Crippen LogP) is 7.17. The first-order valence-electron chi connectivity index (χ1n) is 9.07. The van der Waals surface area contributed by atoms with Gasteiger partial charge in [0.05, 0.1) is 0 Å². The molecule has 0 aliphatic carbocycles. The van der Waals surface area contributed by atoms with Crippen molar-refractivity contribution in [2.75, 3.05) is 0 Å². The second-order valence-electron chi connectivity index (χ2n) is 7.92. The Balaban J connectivity index is 1.80. The third-order valence-electron chi connectivity index (χ3n) is 4.83. The Morgan fingerprint density at radius 3 is 2.37 bits per heavy atom. The molecule has 0 unspecified atom stereocenters. The van der Waals surface area contributed by atoms with E-state index in [0.717, 1.165) is 25.1 Å². The minimum atomic E-state index is 0.120. The Labute approximate surface area is 168 Å². The Morgan fingerprint density at radius 2 is 1.59 bits per heavy atom. The van der Waals surface area contributed by atoms with Gasteiger partial charge in [-0.1, -0.05) is 56.8 Å². The van der Waals surface area contributed by atoms with Gasteiger partial charge in [-0.15, -0.1) is 11.3 Å². The van der Waals surface area contributed by atoms with Crippen LogP contribution in [0.2, 0.25) is 0 Å². The van der Waals surface area contributed by atoms with E-state index in [0.29, 0.717) is 0 Å². The zero-order chi connectivity index (χ0) is 19.2. The average molecular weight is 391 g/mol. The van der Waals surface area contributed by atoms with Gasteiger partial charge in [-0.3, -0.25) is 4.79 Å². The van der Waals surface area contributed by atoms with Gasteiger partial charge in [-0.2, -0.15) is 0 Å². The van der Waals surface area contributed by atoms with Crippen LogP contribution in [0, 0.1) is 6.92 Å². The van der Waals surface area contributed by atoms with Crippen LogP contribution >= 0.6 is 23.1 Å². The van der Waals surface area contributed by atoms with Crippen LogP contribution < -0.4 is 5.43 Å². The molecule has 1 heterocycles. The highest BCUT2D eigenvalue weighted by molar-refractivity contribution is 7.99. The van der Waals surface area contributed by atoms with E-state index in [9.17, 15) is 4.79 Å². The molecule has 27 heavy (non-hydrogen) atoms. The van der Waals surface area contributed by atoms with E-state index in [2.05, 4.69) is 64.1 Å². The highest BCUT2D eigenvalue weighted by atomic mass is 32.2. The topological polar surface area (TPSA) is 17.1 Å². The molecule has 136 valence electrons. The van der Waals surface area contributed by atoms with Gasteiger partial charge in [0, 0.05) is 30.0 Å². The third kappa shape index (κ3) is 3.54. The number of fused-ring (bicyclic) bond motifs is 2. The molecule has 3 aromatic carbocycles. The first-order chi connectivity index (χ1) is 12.8. The minimum Gasteiger partial charge on any atom is -0.289 e. The molecule has 4 rings (SSSR count). The molecule has 0 bridgehead atoms. The molecule has 0 aliphatic heterocycles. The van der Waals surface area contributed by atoms with Gasteiger partial charge in [-0.05, 0) is 59.9 Å². The van der Waals surface area contributed by atoms with Gasteiger partial charge in [0.2, 0.25) is 0 Å². The zero-order valence-electron chi connectivity index (χ0n) is 16.0. The monoisotopic (exact) mass is 390 g/mol. The van der Waals surface area contributed by atoms with E-state index in [1.165, 1.54) is 16.0 Å². The van der Waals surface area contributed by atoms with E-state index >= 15 is 0 Å². The van der Waals surface area contributed by atoms with Crippen LogP contribution in [0.3, 0.4) is 0 Å². The normalized spacial score (nSPS) is 12.0. The van der Waals surface area contributed by atoms with E-state index in [1.54, 1.807) is 23.1 Å². The van der Waals surface area contributed by atoms with Crippen molar-refractivity contribution in [2.24, 2.45) is 0 Å². The maximum Gasteiger partial charge on any atom is 0.195 e. The summed E-state index contributed by atoms with van der Waals surface area (Å²) in [5.41, 5.74) is 2.84. The molecule has 4 aromatic rings. The summed E-state index contributed by atoms with van der Waals surface area (Å²) in [7, 11) is 0. The molecule has 0 saturated carbocycles. The molecule has 0 radical (unpaired) electrons. The third-order valence-corrected chi connectivity index (χ3v) is 7.13. The summed E-state index contributed by atoms with van der Waals surface area (Å²) in [5.74, 6) is 0. The van der Waals surface area contributed by atoms with Gasteiger partial charge in [-0.25, -0.2) is 0 Å². The van der Waals surface area contributed by atoms with Gasteiger partial charge < -0.3 is 0 Å². The van der Waals surface area contributed by atoms with E-state index < -0.39 is 0 Å². The Morgan fingerprint density at radius 1 is 0.852 bits per heavy atom. The van der Waals surface area contributed by atoms with Crippen molar-refractivity contribution in [3.8, 4) is 0 Å². The zero-order valence-corrected chi connectivity index (χ0v) is 17.6. The smallest absolute Gasteiger partial charge is 0.195 e. The molecular formula is C24H22OS2. The number of hydrogen-bond acceptors (Lipinski definition) is 3. The van der Waals surface area contributed by atoms with Crippen molar-refractivity contribution in [2.45, 2.75) is 42.9 Å². The summed E-state index contributed by atoms with van der Waals surface area (Å²) in [6, 6.07) is 20.8. The van der Waals surface area contributed by atoms with E-state index in [-0.39, 0.29) is 10.8 Å². The van der Waals surface area contributed by atoms with Gasteiger partial charge in [0.15, 0.2) is 5.43 Å². The van der Waals surface area contributed by atoms with E-state index in [4.69, 9.17) is 0 Å². The molecular weight excluding hydrogens is 368 g/mol. The first-order valence-corrected chi connectivity index (χ1v) is 10.7. The van der Waals surface area contributed by atoms with Crippen LogP contribution in [0.5, 0.6) is 0 Å². The second kappa shape index (κ2) is 6.81. The van der Waals surface area contributed by atoms with Crippen molar-refractivity contribution in [1.29, 1.82) is 0 Å². The van der Waals surface area contributed by atoms with Crippen molar-refractivity contribution < 1.29 is 0 Å². The summed E-state index contributed by atoms with van der Waals surface area (Å²) in [5, 5.41) is 1.62. The lowest BCUT2D eigenvalue weighted by atomic mass is 9.87. The van der Waals surface area contributed by atoms with Crippen LogP contribution in [0.25, 0.3) is 20.2 Å². The van der Waals surface area contributed by atoms with Gasteiger partial charge in [0.25, 0.3) is 0 Å². The highest BCUT2D eigenvalue weighted by Gasteiger charge is 2.15. The lowest BCUT2D eigenvalue weighted by Crippen LogP contribution is -2.11. The quantitative estimate of drug-likeness (QED) is 0.337. The molecule has 3 heteroatoms. The predicted molar refractivity (Wildman–Crippen MR) is 120 cm³/mol. The fourth-order valence-corrected chi connectivity index (χ4v) is 5.18. The Bertz CT molecular complexity index is 1210. The summed E-state index contributed by atoms with van der Waals surface area (Å²) in [6.07, 6.45) is 0. The molecule has 0 spiro atoms. The first kappa shape index (κ1) is 18.3. The maximum absolute atomic E-state index is 12.9. The molecule has 0 N–H and O–H groups in total. The van der Waals surface area contributed by atoms with Crippen molar-refractivity contribution in [3.05, 3.63) is 82.0 Å². The van der Waals surface area contributed by atoms with Crippen LogP contribution in [0.4, 0.5) is 0 Å². The summed E-state index contributed by atoms with van der Waals surface area (Å²) in [6.45, 7) is 8.85. The standard InChI is InChI=1S/C24H22OS2/c1-15-9-10-16(24(2,3)4)13-22(15)26-17-11-12-21-19(14-17)23(25)18-7-5-6-8-20(18)27-21/h5-14H,1-4H3.